The van der Waals surface area contributed by atoms with Crippen LogP contribution < -0.4 is 4.74 Å². The van der Waals surface area contributed by atoms with Crippen molar-refractivity contribution in [1.82, 2.24) is 4.98 Å². The fourth-order valence-corrected chi connectivity index (χ4v) is 2.33. The smallest absolute Gasteiger partial charge is 0.126 e. The SMILES string of the molecule is OC(/C=C/c1cc(F)ccn1)COc1ccc(-c2ccccc2)cc1. The number of hydrogen-bond acceptors (Lipinski definition) is 3. The van der Waals surface area contributed by atoms with Crippen LogP contribution in [0.5, 0.6) is 5.75 Å². The van der Waals surface area contributed by atoms with Gasteiger partial charge >= 0.3 is 0 Å². The van der Waals surface area contributed by atoms with E-state index in [0.29, 0.717) is 11.4 Å². The highest BCUT2D eigenvalue weighted by atomic mass is 19.1. The first kappa shape index (κ1) is 16.9. The van der Waals surface area contributed by atoms with E-state index >= 15 is 0 Å². The summed E-state index contributed by atoms with van der Waals surface area (Å²) in [5, 5.41) is 9.94. The van der Waals surface area contributed by atoms with Crippen molar-refractivity contribution in [1.29, 1.82) is 0 Å². The molecule has 1 aromatic heterocycles. The Morgan fingerprint density at radius 3 is 2.44 bits per heavy atom. The molecule has 126 valence electrons. The number of aliphatic hydroxyl groups is 1. The van der Waals surface area contributed by atoms with Crippen LogP contribution >= 0.6 is 0 Å². The molecular weight excluding hydrogens is 317 g/mol. The minimum atomic E-state index is -0.807. The van der Waals surface area contributed by atoms with Gasteiger partial charge in [-0.3, -0.25) is 4.98 Å². The van der Waals surface area contributed by atoms with Crippen LogP contribution in [-0.4, -0.2) is 22.8 Å². The summed E-state index contributed by atoms with van der Waals surface area (Å²) in [5.74, 6) is 0.315. The monoisotopic (exact) mass is 335 g/mol. The van der Waals surface area contributed by atoms with Crippen LogP contribution in [0.3, 0.4) is 0 Å². The van der Waals surface area contributed by atoms with E-state index in [1.165, 1.54) is 24.4 Å². The Balaban J connectivity index is 1.54. The number of pyridine rings is 1. The zero-order chi connectivity index (χ0) is 17.5. The van der Waals surface area contributed by atoms with Crippen LogP contribution in [0, 0.1) is 5.82 Å². The average molecular weight is 335 g/mol. The standard InChI is InChI=1S/C21H18FNO2/c22-18-12-13-23-19(14-18)8-9-20(24)15-25-21-10-6-17(7-11-21)16-4-2-1-3-5-16/h1-14,20,24H,15H2/b9-8+. The molecule has 0 aliphatic heterocycles. The molecule has 0 saturated heterocycles. The summed E-state index contributed by atoms with van der Waals surface area (Å²) in [6.45, 7) is 0.108. The molecule has 0 saturated carbocycles. The minimum Gasteiger partial charge on any atom is -0.491 e. The molecule has 4 heteroatoms. The number of hydrogen-bond donors (Lipinski definition) is 1. The van der Waals surface area contributed by atoms with Gasteiger partial charge in [0.15, 0.2) is 0 Å². The van der Waals surface area contributed by atoms with E-state index in [-0.39, 0.29) is 12.4 Å². The molecule has 0 radical (unpaired) electrons. The third-order valence-corrected chi connectivity index (χ3v) is 3.61. The van der Waals surface area contributed by atoms with E-state index in [2.05, 4.69) is 4.98 Å². The number of benzene rings is 2. The summed E-state index contributed by atoms with van der Waals surface area (Å²) < 4.78 is 18.6. The molecule has 25 heavy (non-hydrogen) atoms. The number of halogens is 1. The first-order valence-corrected chi connectivity index (χ1v) is 7.97. The van der Waals surface area contributed by atoms with Gasteiger partial charge in [-0.25, -0.2) is 4.39 Å². The molecule has 1 unspecified atom stereocenters. The lowest BCUT2D eigenvalue weighted by molar-refractivity contribution is 0.145. The van der Waals surface area contributed by atoms with Gasteiger partial charge in [-0.05, 0) is 41.5 Å². The van der Waals surface area contributed by atoms with E-state index in [9.17, 15) is 9.50 Å². The number of rotatable bonds is 6. The van der Waals surface area contributed by atoms with Crippen LogP contribution in [0.15, 0.2) is 79.0 Å². The van der Waals surface area contributed by atoms with Crippen LogP contribution in [0.4, 0.5) is 4.39 Å². The van der Waals surface area contributed by atoms with Gasteiger partial charge in [-0.15, -0.1) is 0 Å². The molecule has 0 bridgehead atoms. The van der Waals surface area contributed by atoms with Crippen molar-refractivity contribution < 1.29 is 14.2 Å². The molecule has 1 N–H and O–H groups in total. The van der Waals surface area contributed by atoms with Crippen LogP contribution in [-0.2, 0) is 0 Å². The molecule has 1 atom stereocenters. The summed E-state index contributed by atoms with van der Waals surface area (Å²) in [6, 6.07) is 20.3. The van der Waals surface area contributed by atoms with E-state index in [1.54, 1.807) is 6.08 Å². The Labute approximate surface area is 146 Å². The van der Waals surface area contributed by atoms with Gasteiger partial charge in [0.2, 0.25) is 0 Å². The summed E-state index contributed by atoms with van der Waals surface area (Å²) >= 11 is 0. The van der Waals surface area contributed by atoms with Gasteiger partial charge in [0.05, 0.1) is 5.69 Å². The Morgan fingerprint density at radius 1 is 1.00 bits per heavy atom. The average Bonchev–Trinajstić information content (AvgIpc) is 2.66. The Bertz CT molecular complexity index is 832. The molecule has 3 aromatic rings. The molecule has 0 amide bonds. The van der Waals surface area contributed by atoms with Crippen LogP contribution in [0.1, 0.15) is 5.69 Å². The third-order valence-electron chi connectivity index (χ3n) is 3.61. The topological polar surface area (TPSA) is 42.4 Å². The quantitative estimate of drug-likeness (QED) is 0.728. The number of aromatic nitrogens is 1. The van der Waals surface area contributed by atoms with Gasteiger partial charge in [-0.2, -0.15) is 0 Å². The predicted molar refractivity (Wildman–Crippen MR) is 96.6 cm³/mol. The lowest BCUT2D eigenvalue weighted by Gasteiger charge is -2.10. The Morgan fingerprint density at radius 2 is 1.72 bits per heavy atom. The van der Waals surface area contributed by atoms with Crippen molar-refractivity contribution in [3.8, 4) is 16.9 Å². The van der Waals surface area contributed by atoms with Crippen molar-refractivity contribution in [3.63, 3.8) is 0 Å². The van der Waals surface area contributed by atoms with Crippen LogP contribution in [0.25, 0.3) is 17.2 Å². The molecule has 0 fully saturated rings. The highest BCUT2D eigenvalue weighted by molar-refractivity contribution is 5.63. The first-order valence-electron chi connectivity index (χ1n) is 7.97. The Hall–Kier alpha value is -2.98. The second-order valence-corrected chi connectivity index (χ2v) is 5.53. The molecule has 0 aliphatic rings. The van der Waals surface area contributed by atoms with Crippen LogP contribution in [0.2, 0.25) is 0 Å². The molecule has 1 heterocycles. The van der Waals surface area contributed by atoms with Crippen molar-refractivity contribution in [2.75, 3.05) is 6.61 Å². The molecule has 2 aromatic carbocycles. The van der Waals surface area contributed by atoms with E-state index in [4.69, 9.17) is 4.74 Å². The van der Waals surface area contributed by atoms with Gasteiger partial charge in [0, 0.05) is 6.20 Å². The molecule has 0 spiro atoms. The maximum absolute atomic E-state index is 13.1. The Kier molecular flexibility index (Phi) is 5.54. The molecule has 3 rings (SSSR count). The van der Waals surface area contributed by atoms with E-state index in [0.717, 1.165) is 11.1 Å². The van der Waals surface area contributed by atoms with E-state index in [1.807, 2.05) is 54.6 Å². The van der Waals surface area contributed by atoms with E-state index < -0.39 is 6.10 Å². The highest BCUT2D eigenvalue weighted by Crippen LogP contribution is 2.22. The number of ether oxygens (including phenoxy) is 1. The highest BCUT2D eigenvalue weighted by Gasteiger charge is 2.03. The van der Waals surface area contributed by atoms with Crippen molar-refractivity contribution in [2.24, 2.45) is 0 Å². The second-order valence-electron chi connectivity index (χ2n) is 5.53. The van der Waals surface area contributed by atoms with Gasteiger partial charge in [0.1, 0.15) is 24.3 Å². The lowest BCUT2D eigenvalue weighted by Crippen LogP contribution is -2.14. The fourth-order valence-electron chi connectivity index (χ4n) is 2.33. The van der Waals surface area contributed by atoms with Crippen molar-refractivity contribution >= 4 is 6.08 Å². The normalized spacial score (nSPS) is 12.2. The zero-order valence-corrected chi connectivity index (χ0v) is 13.5. The minimum absolute atomic E-state index is 0.108. The second kappa shape index (κ2) is 8.22. The van der Waals surface area contributed by atoms with Gasteiger partial charge in [0.25, 0.3) is 0 Å². The summed E-state index contributed by atoms with van der Waals surface area (Å²) in [6.07, 6.45) is 3.67. The summed E-state index contributed by atoms with van der Waals surface area (Å²) in [5.41, 5.74) is 2.69. The zero-order valence-electron chi connectivity index (χ0n) is 13.5. The largest absolute Gasteiger partial charge is 0.491 e. The maximum atomic E-state index is 13.1. The third kappa shape index (κ3) is 4.99. The van der Waals surface area contributed by atoms with Gasteiger partial charge in [-0.1, -0.05) is 48.5 Å². The first-order chi connectivity index (χ1) is 12.2. The lowest BCUT2D eigenvalue weighted by atomic mass is 10.1. The summed E-state index contributed by atoms with van der Waals surface area (Å²) in [7, 11) is 0. The fraction of sp³-hybridized carbons (Fsp3) is 0.0952. The number of aliphatic hydroxyl groups excluding tert-OH is 1. The molecule has 3 nitrogen and oxygen atoms in total. The molecular formula is C21H18FNO2. The van der Waals surface area contributed by atoms with Gasteiger partial charge < -0.3 is 9.84 Å². The maximum Gasteiger partial charge on any atom is 0.126 e. The van der Waals surface area contributed by atoms with Crippen molar-refractivity contribution in [3.05, 3.63) is 90.5 Å². The molecule has 0 aliphatic carbocycles. The number of nitrogens with zero attached hydrogens (tertiary/aromatic N) is 1. The predicted octanol–water partition coefficient (Wildman–Crippen LogP) is 4.34. The van der Waals surface area contributed by atoms with Crippen molar-refractivity contribution in [2.45, 2.75) is 6.10 Å². The summed E-state index contributed by atoms with van der Waals surface area (Å²) in [4.78, 5) is 3.99.